The molecule has 0 amide bonds. The Balaban J connectivity index is 1.89. The molecule has 1 aliphatic carbocycles. The van der Waals surface area contributed by atoms with E-state index in [0.717, 1.165) is 18.9 Å². The Bertz CT molecular complexity index is 628. The van der Waals surface area contributed by atoms with Gasteiger partial charge in [0, 0.05) is 6.07 Å². The number of hydrogen-bond acceptors (Lipinski definition) is 1. The summed E-state index contributed by atoms with van der Waals surface area (Å²) in [5.74, 6) is -1.15. The third-order valence-electron chi connectivity index (χ3n) is 3.47. The van der Waals surface area contributed by atoms with Crippen LogP contribution in [0.25, 0.3) is 0 Å². The van der Waals surface area contributed by atoms with Crippen molar-refractivity contribution in [3.05, 3.63) is 63.6 Å². The molecule has 0 bridgehead atoms. The minimum Gasteiger partial charge on any atom is -0.376 e. The molecule has 1 atom stereocenters. The molecule has 1 nitrogen and oxygen atoms in total. The first kappa shape index (κ1) is 12.6. The van der Waals surface area contributed by atoms with Gasteiger partial charge in [-0.3, -0.25) is 0 Å². The zero-order valence-corrected chi connectivity index (χ0v) is 11.7. The van der Waals surface area contributed by atoms with Gasteiger partial charge in [-0.25, -0.2) is 8.78 Å². The van der Waals surface area contributed by atoms with Crippen LogP contribution in [0.3, 0.4) is 0 Å². The van der Waals surface area contributed by atoms with Crippen molar-refractivity contribution >= 4 is 21.6 Å². The van der Waals surface area contributed by atoms with Crippen LogP contribution in [0, 0.1) is 11.6 Å². The molecular weight excluding hydrogens is 312 g/mol. The molecule has 0 aromatic heterocycles. The Kier molecular flexibility index (Phi) is 3.27. The van der Waals surface area contributed by atoms with Crippen molar-refractivity contribution in [1.82, 2.24) is 0 Å². The summed E-state index contributed by atoms with van der Waals surface area (Å²) in [5, 5.41) is 3.16. The quantitative estimate of drug-likeness (QED) is 0.781. The number of aryl methyl sites for hydroxylation is 1. The average molecular weight is 324 g/mol. The monoisotopic (exact) mass is 323 g/mol. The number of hydrogen-bond donors (Lipinski definition) is 1. The van der Waals surface area contributed by atoms with E-state index in [1.807, 2.05) is 12.1 Å². The fraction of sp³-hybridized carbons (Fsp3) is 0.200. The first-order valence-corrected chi connectivity index (χ1v) is 6.93. The molecule has 4 heteroatoms. The van der Waals surface area contributed by atoms with Crippen molar-refractivity contribution in [1.29, 1.82) is 0 Å². The third-order valence-corrected chi connectivity index (χ3v) is 4.08. The predicted molar refractivity (Wildman–Crippen MR) is 75.2 cm³/mol. The van der Waals surface area contributed by atoms with E-state index in [0.29, 0.717) is 5.69 Å². The lowest BCUT2D eigenvalue weighted by atomic mass is 10.1. The van der Waals surface area contributed by atoms with Gasteiger partial charge in [0.2, 0.25) is 0 Å². The van der Waals surface area contributed by atoms with Crippen molar-refractivity contribution in [2.24, 2.45) is 0 Å². The molecule has 19 heavy (non-hydrogen) atoms. The number of halogens is 3. The van der Waals surface area contributed by atoms with Crippen LogP contribution in [-0.4, -0.2) is 0 Å². The van der Waals surface area contributed by atoms with Gasteiger partial charge in [0.1, 0.15) is 11.6 Å². The molecule has 1 aliphatic rings. The standard InChI is InChI=1S/C15H12BrF2N/c16-11-7-15(13(18)8-12(11)17)19-14-6-5-9-3-1-2-4-10(9)14/h1-4,7-8,14,19H,5-6H2. The maximum atomic E-state index is 13.7. The predicted octanol–water partition coefficient (Wildman–Crippen LogP) is 4.83. The molecule has 0 heterocycles. The van der Waals surface area contributed by atoms with Gasteiger partial charge in [0.05, 0.1) is 16.2 Å². The summed E-state index contributed by atoms with van der Waals surface area (Å²) in [6.07, 6.45) is 1.91. The number of anilines is 1. The van der Waals surface area contributed by atoms with E-state index in [2.05, 4.69) is 33.4 Å². The highest BCUT2D eigenvalue weighted by molar-refractivity contribution is 9.10. The number of fused-ring (bicyclic) bond motifs is 1. The van der Waals surface area contributed by atoms with Crippen LogP contribution in [0.2, 0.25) is 0 Å². The van der Waals surface area contributed by atoms with E-state index in [1.54, 1.807) is 0 Å². The molecule has 98 valence electrons. The smallest absolute Gasteiger partial charge is 0.149 e. The lowest BCUT2D eigenvalue weighted by Crippen LogP contribution is -2.08. The van der Waals surface area contributed by atoms with E-state index in [4.69, 9.17) is 0 Å². The largest absolute Gasteiger partial charge is 0.376 e. The summed E-state index contributed by atoms with van der Waals surface area (Å²) in [4.78, 5) is 0. The fourth-order valence-corrected chi connectivity index (χ4v) is 2.87. The molecule has 0 spiro atoms. The second-order valence-electron chi connectivity index (χ2n) is 4.68. The molecule has 0 radical (unpaired) electrons. The minimum absolute atomic E-state index is 0.0862. The van der Waals surface area contributed by atoms with Crippen LogP contribution in [0.1, 0.15) is 23.6 Å². The molecule has 0 saturated heterocycles. The highest BCUT2D eigenvalue weighted by atomic mass is 79.9. The summed E-state index contributed by atoms with van der Waals surface area (Å²) >= 11 is 3.08. The van der Waals surface area contributed by atoms with E-state index in [9.17, 15) is 8.78 Å². The second-order valence-corrected chi connectivity index (χ2v) is 5.53. The Morgan fingerprint density at radius 3 is 2.74 bits per heavy atom. The first-order chi connectivity index (χ1) is 9.15. The van der Waals surface area contributed by atoms with Crippen LogP contribution >= 0.6 is 15.9 Å². The van der Waals surface area contributed by atoms with E-state index < -0.39 is 11.6 Å². The van der Waals surface area contributed by atoms with Gasteiger partial charge in [0.15, 0.2) is 0 Å². The molecule has 0 aliphatic heterocycles. The van der Waals surface area contributed by atoms with Crippen molar-refractivity contribution < 1.29 is 8.78 Å². The highest BCUT2D eigenvalue weighted by Crippen LogP contribution is 2.35. The Morgan fingerprint density at radius 2 is 1.89 bits per heavy atom. The summed E-state index contributed by atoms with van der Waals surface area (Å²) in [6.45, 7) is 0. The molecule has 3 rings (SSSR count). The zero-order chi connectivity index (χ0) is 13.4. The average Bonchev–Trinajstić information content (AvgIpc) is 2.80. The summed E-state index contributed by atoms with van der Waals surface area (Å²) in [6, 6.07) is 10.6. The number of benzene rings is 2. The fourth-order valence-electron chi connectivity index (χ4n) is 2.53. The van der Waals surface area contributed by atoms with Crippen molar-refractivity contribution in [2.45, 2.75) is 18.9 Å². The minimum atomic E-state index is -0.588. The summed E-state index contributed by atoms with van der Waals surface area (Å²) in [5.41, 5.74) is 2.82. The molecule has 0 saturated carbocycles. The summed E-state index contributed by atoms with van der Waals surface area (Å²) in [7, 11) is 0. The van der Waals surface area contributed by atoms with Gasteiger partial charge in [-0.2, -0.15) is 0 Å². The Labute approximate surface area is 118 Å². The number of rotatable bonds is 2. The topological polar surface area (TPSA) is 12.0 Å². The van der Waals surface area contributed by atoms with Gasteiger partial charge in [-0.05, 0) is 46.0 Å². The molecule has 2 aromatic rings. The van der Waals surface area contributed by atoms with Gasteiger partial charge in [0.25, 0.3) is 0 Å². The van der Waals surface area contributed by atoms with Crippen molar-refractivity contribution in [3.63, 3.8) is 0 Å². The van der Waals surface area contributed by atoms with Gasteiger partial charge in [-0.15, -0.1) is 0 Å². The molecule has 0 fully saturated rings. The van der Waals surface area contributed by atoms with Crippen molar-refractivity contribution in [3.8, 4) is 0 Å². The maximum Gasteiger partial charge on any atom is 0.149 e. The Morgan fingerprint density at radius 1 is 1.11 bits per heavy atom. The molecule has 1 N–H and O–H groups in total. The van der Waals surface area contributed by atoms with Gasteiger partial charge >= 0.3 is 0 Å². The SMILES string of the molecule is Fc1cc(F)c(NC2CCc3ccccc32)cc1Br. The molecule has 2 aromatic carbocycles. The first-order valence-electron chi connectivity index (χ1n) is 6.14. The molecule has 1 unspecified atom stereocenters. The van der Waals surface area contributed by atoms with Gasteiger partial charge in [-0.1, -0.05) is 24.3 Å². The van der Waals surface area contributed by atoms with Crippen LogP contribution in [-0.2, 0) is 6.42 Å². The number of nitrogens with one attached hydrogen (secondary N) is 1. The summed E-state index contributed by atoms with van der Waals surface area (Å²) < 4.78 is 27.2. The molecular formula is C15H12BrF2N. The zero-order valence-electron chi connectivity index (χ0n) is 10.1. The van der Waals surface area contributed by atoms with Crippen LogP contribution < -0.4 is 5.32 Å². The highest BCUT2D eigenvalue weighted by Gasteiger charge is 2.22. The lowest BCUT2D eigenvalue weighted by Gasteiger charge is -2.16. The van der Waals surface area contributed by atoms with Crippen LogP contribution in [0.5, 0.6) is 0 Å². The maximum absolute atomic E-state index is 13.7. The normalized spacial score (nSPS) is 17.3. The van der Waals surface area contributed by atoms with Gasteiger partial charge < -0.3 is 5.32 Å². The Hall–Kier alpha value is -1.42. The van der Waals surface area contributed by atoms with E-state index >= 15 is 0 Å². The van der Waals surface area contributed by atoms with E-state index in [-0.39, 0.29) is 10.5 Å². The van der Waals surface area contributed by atoms with Crippen molar-refractivity contribution in [2.75, 3.05) is 5.32 Å². The van der Waals surface area contributed by atoms with Crippen LogP contribution in [0.15, 0.2) is 40.9 Å². The van der Waals surface area contributed by atoms with Crippen LogP contribution in [0.4, 0.5) is 14.5 Å². The lowest BCUT2D eigenvalue weighted by molar-refractivity contribution is 0.578. The second kappa shape index (κ2) is 4.93. The third kappa shape index (κ3) is 2.37. The van der Waals surface area contributed by atoms with E-state index in [1.165, 1.54) is 17.2 Å².